The average molecular weight is 261 g/mol. The lowest BCUT2D eigenvalue weighted by atomic mass is 10.1. The van der Waals surface area contributed by atoms with Gasteiger partial charge in [-0.25, -0.2) is 4.39 Å². The standard InChI is InChI=1S/C13H12FN3O2/c1-8-12(18)16-4-5-17(8)13(19)9-2-3-11(14)10(6-9)7-15/h2-3,6,8H,4-5H2,1H3,(H,16,18)/t8-/m0/s1. The number of halogens is 1. The summed E-state index contributed by atoms with van der Waals surface area (Å²) in [4.78, 5) is 25.2. The van der Waals surface area contributed by atoms with Crippen LogP contribution in [0.3, 0.4) is 0 Å². The number of nitriles is 1. The van der Waals surface area contributed by atoms with Crippen molar-refractivity contribution in [2.24, 2.45) is 0 Å². The summed E-state index contributed by atoms with van der Waals surface area (Å²) in [6.07, 6.45) is 0. The van der Waals surface area contributed by atoms with E-state index < -0.39 is 11.9 Å². The van der Waals surface area contributed by atoms with E-state index in [1.807, 2.05) is 0 Å². The molecule has 1 aromatic rings. The molecule has 0 radical (unpaired) electrons. The normalized spacial score (nSPS) is 18.7. The van der Waals surface area contributed by atoms with Gasteiger partial charge in [-0.2, -0.15) is 5.26 Å². The third-order valence-corrected chi connectivity index (χ3v) is 3.09. The highest BCUT2D eigenvalue weighted by atomic mass is 19.1. The lowest BCUT2D eigenvalue weighted by molar-refractivity contribution is -0.127. The highest BCUT2D eigenvalue weighted by Crippen LogP contribution is 2.14. The number of benzene rings is 1. The highest BCUT2D eigenvalue weighted by molar-refractivity contribution is 5.98. The van der Waals surface area contributed by atoms with Crippen molar-refractivity contribution in [2.75, 3.05) is 13.1 Å². The molecule has 0 aromatic heterocycles. The minimum Gasteiger partial charge on any atom is -0.353 e. The molecule has 98 valence electrons. The van der Waals surface area contributed by atoms with E-state index in [0.717, 1.165) is 6.07 Å². The van der Waals surface area contributed by atoms with E-state index in [-0.39, 0.29) is 22.9 Å². The number of amides is 2. The predicted molar refractivity (Wildman–Crippen MR) is 64.6 cm³/mol. The van der Waals surface area contributed by atoms with Crippen molar-refractivity contribution >= 4 is 11.8 Å². The molecular weight excluding hydrogens is 249 g/mol. The molecule has 0 aliphatic carbocycles. The van der Waals surface area contributed by atoms with Crippen LogP contribution in [0.4, 0.5) is 4.39 Å². The lowest BCUT2D eigenvalue weighted by Gasteiger charge is -2.32. The predicted octanol–water partition coefficient (Wildman–Crippen LogP) is 0.658. The molecule has 1 aromatic carbocycles. The number of nitrogens with one attached hydrogen (secondary N) is 1. The zero-order valence-electron chi connectivity index (χ0n) is 10.3. The Bertz CT molecular complexity index is 580. The minimum atomic E-state index is -0.663. The van der Waals surface area contributed by atoms with Gasteiger partial charge in [0.1, 0.15) is 17.9 Å². The largest absolute Gasteiger partial charge is 0.353 e. The van der Waals surface area contributed by atoms with Crippen molar-refractivity contribution in [1.29, 1.82) is 5.26 Å². The van der Waals surface area contributed by atoms with Crippen LogP contribution in [-0.2, 0) is 4.79 Å². The Kier molecular flexibility index (Phi) is 3.47. The van der Waals surface area contributed by atoms with Crippen LogP contribution in [0.25, 0.3) is 0 Å². The first-order valence-electron chi connectivity index (χ1n) is 5.83. The van der Waals surface area contributed by atoms with Gasteiger partial charge in [0.05, 0.1) is 5.56 Å². The molecule has 1 fully saturated rings. The second kappa shape index (κ2) is 5.06. The zero-order chi connectivity index (χ0) is 14.0. The first-order chi connectivity index (χ1) is 9.04. The molecule has 1 heterocycles. The summed E-state index contributed by atoms with van der Waals surface area (Å²) in [5.41, 5.74) is 0.0273. The minimum absolute atomic E-state index is 0.181. The molecule has 6 heteroatoms. The number of carbonyl (C=O) groups excluding carboxylic acids is 2. The average Bonchev–Trinajstić information content (AvgIpc) is 2.41. The monoisotopic (exact) mass is 261 g/mol. The van der Waals surface area contributed by atoms with E-state index in [1.165, 1.54) is 17.0 Å². The Morgan fingerprint density at radius 3 is 3.00 bits per heavy atom. The van der Waals surface area contributed by atoms with E-state index in [0.29, 0.717) is 13.1 Å². The quantitative estimate of drug-likeness (QED) is 0.807. The first-order valence-corrected chi connectivity index (χ1v) is 5.83. The van der Waals surface area contributed by atoms with Crippen molar-refractivity contribution in [3.63, 3.8) is 0 Å². The molecule has 19 heavy (non-hydrogen) atoms. The Hall–Kier alpha value is -2.42. The molecule has 1 saturated heterocycles. The van der Waals surface area contributed by atoms with Crippen LogP contribution in [0.5, 0.6) is 0 Å². The molecular formula is C13H12FN3O2. The van der Waals surface area contributed by atoms with E-state index in [4.69, 9.17) is 5.26 Å². The molecule has 5 nitrogen and oxygen atoms in total. The maximum Gasteiger partial charge on any atom is 0.254 e. The summed E-state index contributed by atoms with van der Waals surface area (Å²) in [6.45, 7) is 2.41. The Morgan fingerprint density at radius 2 is 2.32 bits per heavy atom. The Balaban J connectivity index is 2.29. The van der Waals surface area contributed by atoms with Crippen molar-refractivity contribution in [3.8, 4) is 6.07 Å². The first kappa shape index (κ1) is 13.0. The zero-order valence-corrected chi connectivity index (χ0v) is 10.3. The fourth-order valence-electron chi connectivity index (χ4n) is 1.97. The molecule has 0 spiro atoms. The van der Waals surface area contributed by atoms with Crippen LogP contribution in [0.1, 0.15) is 22.8 Å². The molecule has 0 unspecified atom stereocenters. The molecule has 1 aliphatic rings. The molecule has 2 rings (SSSR count). The summed E-state index contributed by atoms with van der Waals surface area (Å²) in [5.74, 6) is -1.26. The van der Waals surface area contributed by atoms with E-state index in [1.54, 1.807) is 13.0 Å². The van der Waals surface area contributed by atoms with Gasteiger partial charge in [0.2, 0.25) is 5.91 Å². The third kappa shape index (κ3) is 2.40. The van der Waals surface area contributed by atoms with E-state index >= 15 is 0 Å². The number of nitrogens with zero attached hydrogens (tertiary/aromatic N) is 2. The van der Waals surface area contributed by atoms with Crippen LogP contribution in [-0.4, -0.2) is 35.8 Å². The van der Waals surface area contributed by atoms with Crippen molar-refractivity contribution < 1.29 is 14.0 Å². The van der Waals surface area contributed by atoms with Crippen molar-refractivity contribution in [3.05, 3.63) is 35.1 Å². The van der Waals surface area contributed by atoms with Gasteiger partial charge >= 0.3 is 0 Å². The van der Waals surface area contributed by atoms with Crippen LogP contribution >= 0.6 is 0 Å². The fraction of sp³-hybridized carbons (Fsp3) is 0.308. The molecule has 1 N–H and O–H groups in total. The van der Waals surface area contributed by atoms with E-state index in [9.17, 15) is 14.0 Å². The second-order valence-corrected chi connectivity index (χ2v) is 4.27. The van der Waals surface area contributed by atoms with Crippen LogP contribution in [0.2, 0.25) is 0 Å². The summed E-state index contributed by atoms with van der Waals surface area (Å²) >= 11 is 0. The van der Waals surface area contributed by atoms with Gasteiger partial charge in [-0.05, 0) is 25.1 Å². The highest BCUT2D eigenvalue weighted by Gasteiger charge is 2.30. The van der Waals surface area contributed by atoms with Gasteiger partial charge in [0, 0.05) is 18.7 Å². The van der Waals surface area contributed by atoms with E-state index in [2.05, 4.69) is 5.32 Å². The van der Waals surface area contributed by atoms with Gasteiger partial charge in [0.25, 0.3) is 5.91 Å². The fourth-order valence-corrected chi connectivity index (χ4v) is 1.97. The van der Waals surface area contributed by atoms with Crippen molar-refractivity contribution in [1.82, 2.24) is 10.2 Å². The molecule has 0 bridgehead atoms. The van der Waals surface area contributed by atoms with Gasteiger partial charge in [-0.15, -0.1) is 0 Å². The second-order valence-electron chi connectivity index (χ2n) is 4.27. The number of piperazine rings is 1. The van der Waals surface area contributed by atoms with Gasteiger partial charge in [0.15, 0.2) is 0 Å². The summed E-state index contributed by atoms with van der Waals surface area (Å²) < 4.78 is 13.2. The summed E-state index contributed by atoms with van der Waals surface area (Å²) in [6, 6.07) is 4.72. The number of carbonyl (C=O) groups is 2. The third-order valence-electron chi connectivity index (χ3n) is 3.09. The Morgan fingerprint density at radius 1 is 1.58 bits per heavy atom. The van der Waals surface area contributed by atoms with Crippen LogP contribution < -0.4 is 5.32 Å². The molecule has 0 saturated carbocycles. The maximum absolute atomic E-state index is 13.2. The molecule has 2 amide bonds. The maximum atomic E-state index is 13.2. The lowest BCUT2D eigenvalue weighted by Crippen LogP contribution is -2.55. The number of rotatable bonds is 1. The van der Waals surface area contributed by atoms with Crippen LogP contribution in [0.15, 0.2) is 18.2 Å². The molecule has 1 atom stereocenters. The topological polar surface area (TPSA) is 73.2 Å². The van der Waals surface area contributed by atoms with Gasteiger partial charge < -0.3 is 10.2 Å². The Labute approximate surface area is 109 Å². The number of hydrogen-bond acceptors (Lipinski definition) is 3. The number of hydrogen-bond donors (Lipinski definition) is 1. The van der Waals surface area contributed by atoms with Gasteiger partial charge in [-0.1, -0.05) is 0 Å². The van der Waals surface area contributed by atoms with Crippen molar-refractivity contribution in [2.45, 2.75) is 13.0 Å². The van der Waals surface area contributed by atoms with Gasteiger partial charge in [-0.3, -0.25) is 9.59 Å². The SMILES string of the molecule is C[C@H]1C(=O)NCCN1C(=O)c1ccc(F)c(C#N)c1. The molecule has 1 aliphatic heterocycles. The summed E-state index contributed by atoms with van der Waals surface area (Å²) in [7, 11) is 0. The van der Waals surface area contributed by atoms with Crippen LogP contribution in [0, 0.1) is 17.1 Å². The smallest absolute Gasteiger partial charge is 0.254 e. The summed E-state index contributed by atoms with van der Waals surface area (Å²) in [5, 5.41) is 11.4.